The van der Waals surface area contributed by atoms with Crippen LogP contribution in [0.4, 0.5) is 5.82 Å². The van der Waals surface area contributed by atoms with Crippen molar-refractivity contribution in [3.8, 4) is 6.07 Å². The third kappa shape index (κ3) is 4.30. The van der Waals surface area contributed by atoms with Crippen LogP contribution < -0.4 is 5.32 Å². The van der Waals surface area contributed by atoms with Gasteiger partial charge < -0.3 is 9.88 Å². The number of likely N-dealkylation sites (N-methyl/N-ethyl adjacent to an activating group) is 1. The van der Waals surface area contributed by atoms with Gasteiger partial charge in [-0.2, -0.15) is 5.26 Å². The number of carbonyl (C=O) groups is 1. The number of nitrogens with one attached hydrogen (secondary N) is 1. The molecule has 1 aliphatic rings. The maximum atomic E-state index is 13.1. The first-order chi connectivity index (χ1) is 15.4. The van der Waals surface area contributed by atoms with E-state index in [1.165, 1.54) is 19.3 Å². The second kappa shape index (κ2) is 9.43. The molecule has 0 unspecified atom stereocenters. The van der Waals surface area contributed by atoms with Crippen LogP contribution in [0.5, 0.6) is 0 Å². The summed E-state index contributed by atoms with van der Waals surface area (Å²) < 4.78 is 3.36. The number of benzene rings is 1. The molecule has 3 aromatic rings. The fourth-order valence-electron chi connectivity index (χ4n) is 4.67. The lowest BCUT2D eigenvalue weighted by Crippen LogP contribution is -2.33. The van der Waals surface area contributed by atoms with Crippen LogP contribution in [0.25, 0.3) is 10.2 Å². The minimum Gasteiger partial charge on any atom is -0.327 e. The molecule has 2 aromatic heterocycles. The van der Waals surface area contributed by atoms with E-state index in [2.05, 4.69) is 35.9 Å². The first kappa shape index (κ1) is 22.5. The van der Waals surface area contributed by atoms with Crippen molar-refractivity contribution in [3.63, 3.8) is 0 Å². The zero-order valence-corrected chi connectivity index (χ0v) is 20.1. The molecular weight excluding hydrogens is 418 g/mol. The second-order valence-corrected chi connectivity index (χ2v) is 9.93. The molecule has 0 radical (unpaired) electrons. The summed E-state index contributed by atoms with van der Waals surface area (Å²) in [5, 5.41) is 13.9. The molecule has 1 saturated carbocycles. The van der Waals surface area contributed by atoms with Crippen LogP contribution in [0.15, 0.2) is 24.3 Å². The second-order valence-electron chi connectivity index (χ2n) is 8.87. The Morgan fingerprint density at radius 1 is 1.31 bits per heavy atom. The van der Waals surface area contributed by atoms with E-state index in [9.17, 15) is 10.1 Å². The molecule has 6 nitrogen and oxygen atoms in total. The van der Waals surface area contributed by atoms with Gasteiger partial charge in [0.15, 0.2) is 0 Å². The molecule has 1 aromatic carbocycles. The summed E-state index contributed by atoms with van der Waals surface area (Å²) in [6.45, 7) is 6.34. The molecule has 32 heavy (non-hydrogen) atoms. The van der Waals surface area contributed by atoms with E-state index in [4.69, 9.17) is 4.98 Å². The number of hydrogen-bond acceptors (Lipinski definition) is 5. The van der Waals surface area contributed by atoms with Crippen molar-refractivity contribution in [1.82, 2.24) is 14.5 Å². The molecule has 1 amide bonds. The molecule has 1 atom stereocenters. The Kier molecular flexibility index (Phi) is 6.63. The van der Waals surface area contributed by atoms with Crippen molar-refractivity contribution < 1.29 is 4.79 Å². The molecule has 0 spiro atoms. The molecule has 7 heteroatoms. The lowest BCUT2D eigenvalue weighted by Gasteiger charge is -2.27. The predicted molar refractivity (Wildman–Crippen MR) is 130 cm³/mol. The topological polar surface area (TPSA) is 74.0 Å². The van der Waals surface area contributed by atoms with Gasteiger partial charge >= 0.3 is 0 Å². The van der Waals surface area contributed by atoms with Crippen molar-refractivity contribution in [2.75, 3.05) is 18.9 Å². The number of carbonyl (C=O) groups excluding carboxylic acids is 1. The average molecular weight is 450 g/mol. The standard InChI is InChI=1S/C25H31N5OS/c1-16-17(2)30(19-10-6-5-7-11-19)24(20(16)14-26)28-23(31)15-29(4)18(3)25-27-21-12-8-9-13-22(21)32-25/h8-9,12-13,18-19H,5-7,10-11,15H2,1-4H3,(H,28,31)/t18-/m0/s1. The Labute approximate surface area is 193 Å². The van der Waals surface area contributed by atoms with Crippen molar-refractivity contribution in [3.05, 3.63) is 46.1 Å². The third-order valence-corrected chi connectivity index (χ3v) is 7.99. The maximum Gasteiger partial charge on any atom is 0.239 e. The van der Waals surface area contributed by atoms with Gasteiger partial charge in [-0.05, 0) is 58.4 Å². The largest absolute Gasteiger partial charge is 0.327 e. The maximum absolute atomic E-state index is 13.1. The van der Waals surface area contributed by atoms with E-state index in [1.807, 2.05) is 37.1 Å². The quantitative estimate of drug-likeness (QED) is 0.522. The van der Waals surface area contributed by atoms with Crippen LogP contribution in [0, 0.1) is 25.2 Å². The van der Waals surface area contributed by atoms with Crippen molar-refractivity contribution in [2.24, 2.45) is 0 Å². The van der Waals surface area contributed by atoms with Crippen molar-refractivity contribution in [2.45, 2.75) is 65.0 Å². The minimum atomic E-state index is -0.105. The summed E-state index contributed by atoms with van der Waals surface area (Å²) in [7, 11) is 1.94. The zero-order valence-electron chi connectivity index (χ0n) is 19.3. The van der Waals surface area contributed by atoms with Gasteiger partial charge in [0.25, 0.3) is 0 Å². The smallest absolute Gasteiger partial charge is 0.239 e. The number of thiazole rings is 1. The third-order valence-electron chi connectivity index (χ3n) is 6.79. The van der Waals surface area contributed by atoms with E-state index >= 15 is 0 Å². The Bertz CT molecular complexity index is 1130. The van der Waals surface area contributed by atoms with E-state index in [1.54, 1.807) is 11.3 Å². The van der Waals surface area contributed by atoms with Crippen LogP contribution in [-0.2, 0) is 4.79 Å². The van der Waals surface area contributed by atoms with Gasteiger partial charge in [0, 0.05) is 11.7 Å². The molecule has 0 bridgehead atoms. The number of para-hydroxylation sites is 1. The molecule has 0 aliphatic heterocycles. The molecule has 1 aliphatic carbocycles. The Morgan fingerprint density at radius 2 is 2.03 bits per heavy atom. The Balaban J connectivity index is 1.52. The fraction of sp³-hybridized carbons (Fsp3) is 0.480. The van der Waals surface area contributed by atoms with Gasteiger partial charge in [0.2, 0.25) is 5.91 Å². The SMILES string of the molecule is Cc1c(C#N)c(NC(=O)CN(C)[C@@H](C)c2nc3ccccc3s2)n(C2CCCCC2)c1C. The number of fused-ring (bicyclic) bond motifs is 1. The highest BCUT2D eigenvalue weighted by Gasteiger charge is 2.26. The first-order valence-corrected chi connectivity index (χ1v) is 12.2. The number of hydrogen-bond donors (Lipinski definition) is 1. The van der Waals surface area contributed by atoms with Crippen LogP contribution in [-0.4, -0.2) is 34.0 Å². The predicted octanol–water partition coefficient (Wildman–Crippen LogP) is 5.72. The Hall–Kier alpha value is -2.69. The molecule has 2 heterocycles. The molecule has 168 valence electrons. The van der Waals surface area contributed by atoms with E-state index in [-0.39, 0.29) is 18.5 Å². The normalized spacial score (nSPS) is 15.8. The van der Waals surface area contributed by atoms with Crippen LogP contribution in [0.2, 0.25) is 0 Å². The lowest BCUT2D eigenvalue weighted by molar-refractivity contribution is -0.117. The summed E-state index contributed by atoms with van der Waals surface area (Å²) in [6, 6.07) is 10.8. The monoisotopic (exact) mass is 449 g/mol. The van der Waals surface area contributed by atoms with Gasteiger partial charge in [-0.3, -0.25) is 9.69 Å². The highest BCUT2D eigenvalue weighted by atomic mass is 32.1. The number of rotatable bonds is 6. The number of amides is 1. The molecule has 1 fully saturated rings. The van der Waals surface area contributed by atoms with E-state index < -0.39 is 0 Å². The first-order valence-electron chi connectivity index (χ1n) is 11.4. The number of anilines is 1. The number of nitriles is 1. The molecule has 0 saturated heterocycles. The summed E-state index contributed by atoms with van der Waals surface area (Å²) in [5.74, 6) is 0.562. The van der Waals surface area contributed by atoms with Gasteiger partial charge in [-0.15, -0.1) is 11.3 Å². The molecule has 4 rings (SSSR count). The summed E-state index contributed by atoms with van der Waals surface area (Å²) in [5.41, 5.74) is 3.62. The van der Waals surface area contributed by atoms with Gasteiger partial charge in [-0.1, -0.05) is 31.4 Å². The number of aromatic nitrogens is 2. The minimum absolute atomic E-state index is 0.0159. The van der Waals surface area contributed by atoms with Gasteiger partial charge in [0.1, 0.15) is 16.9 Å². The van der Waals surface area contributed by atoms with Crippen molar-refractivity contribution in [1.29, 1.82) is 5.26 Å². The summed E-state index contributed by atoms with van der Waals surface area (Å²) in [6.07, 6.45) is 5.84. The average Bonchev–Trinajstić information content (AvgIpc) is 3.32. The highest BCUT2D eigenvalue weighted by Crippen LogP contribution is 2.37. The summed E-state index contributed by atoms with van der Waals surface area (Å²) in [4.78, 5) is 19.8. The zero-order chi connectivity index (χ0) is 22.8. The van der Waals surface area contributed by atoms with E-state index in [0.29, 0.717) is 17.4 Å². The van der Waals surface area contributed by atoms with Crippen molar-refractivity contribution >= 4 is 33.3 Å². The van der Waals surface area contributed by atoms with Crippen LogP contribution in [0.1, 0.15) is 72.9 Å². The van der Waals surface area contributed by atoms with E-state index in [0.717, 1.165) is 39.3 Å². The highest BCUT2D eigenvalue weighted by molar-refractivity contribution is 7.18. The Morgan fingerprint density at radius 3 is 2.72 bits per heavy atom. The number of nitrogens with zero attached hydrogens (tertiary/aromatic N) is 4. The van der Waals surface area contributed by atoms with Gasteiger partial charge in [-0.25, -0.2) is 4.98 Å². The summed E-state index contributed by atoms with van der Waals surface area (Å²) >= 11 is 1.67. The van der Waals surface area contributed by atoms with Crippen LogP contribution >= 0.6 is 11.3 Å². The van der Waals surface area contributed by atoms with Gasteiger partial charge in [0.05, 0.1) is 28.4 Å². The van der Waals surface area contributed by atoms with Crippen LogP contribution in [0.3, 0.4) is 0 Å². The lowest BCUT2D eigenvalue weighted by atomic mass is 9.95. The fourth-order valence-corrected chi connectivity index (χ4v) is 5.76. The molecular formula is C25H31N5OS. The molecule has 1 N–H and O–H groups in total.